The first-order chi connectivity index (χ1) is 11.6. The number of halogens is 1. The van der Waals surface area contributed by atoms with Crippen molar-refractivity contribution in [1.29, 1.82) is 0 Å². The van der Waals surface area contributed by atoms with Gasteiger partial charge in [-0.2, -0.15) is 0 Å². The zero-order valence-corrected chi connectivity index (χ0v) is 15.4. The van der Waals surface area contributed by atoms with Gasteiger partial charge in [0.1, 0.15) is 11.8 Å². The van der Waals surface area contributed by atoms with E-state index in [1.807, 2.05) is 52.9 Å². The number of carbonyl (C=O) groups is 2. The van der Waals surface area contributed by atoms with E-state index in [-0.39, 0.29) is 12.5 Å². The second-order valence-corrected chi connectivity index (χ2v) is 6.04. The lowest BCUT2D eigenvalue weighted by Crippen LogP contribution is -2.42. The summed E-state index contributed by atoms with van der Waals surface area (Å²) in [7, 11) is 0. The first-order valence-corrected chi connectivity index (χ1v) is 8.61. The lowest BCUT2D eigenvalue weighted by atomic mass is 10.1. The molecule has 24 heavy (non-hydrogen) atoms. The molecule has 1 atom stereocenters. The molecule has 1 aromatic heterocycles. The number of rotatable bonds is 7. The van der Waals surface area contributed by atoms with Crippen LogP contribution >= 0.6 is 22.6 Å². The third-order valence-corrected chi connectivity index (χ3v) is 3.74. The van der Waals surface area contributed by atoms with Crippen molar-refractivity contribution >= 4 is 40.5 Å². The van der Waals surface area contributed by atoms with Crippen molar-refractivity contribution in [3.63, 3.8) is 0 Å². The van der Waals surface area contributed by atoms with Crippen molar-refractivity contribution in [3.8, 4) is 0 Å². The van der Waals surface area contributed by atoms with Crippen LogP contribution in [0.4, 0.5) is 0 Å². The number of amides is 1. The second kappa shape index (κ2) is 9.27. The maximum Gasteiger partial charge on any atom is 0.328 e. The Morgan fingerprint density at radius 2 is 2.00 bits per heavy atom. The fourth-order valence-electron chi connectivity index (χ4n) is 2.08. The highest BCUT2D eigenvalue weighted by atomic mass is 127. The number of carbonyl (C=O) groups excluding carboxylic acids is 2. The molecule has 0 saturated heterocycles. The highest BCUT2D eigenvalue weighted by molar-refractivity contribution is 14.1. The van der Waals surface area contributed by atoms with Crippen LogP contribution in [0.25, 0.3) is 6.08 Å². The molecule has 5 nitrogen and oxygen atoms in total. The summed E-state index contributed by atoms with van der Waals surface area (Å²) in [6.45, 7) is 2.00. The molecule has 1 unspecified atom stereocenters. The average molecular weight is 439 g/mol. The van der Waals surface area contributed by atoms with E-state index < -0.39 is 12.0 Å². The Labute approximate surface area is 154 Å². The van der Waals surface area contributed by atoms with Crippen molar-refractivity contribution in [1.82, 2.24) is 5.32 Å². The zero-order chi connectivity index (χ0) is 17.4. The van der Waals surface area contributed by atoms with E-state index in [9.17, 15) is 9.59 Å². The zero-order valence-electron chi connectivity index (χ0n) is 13.2. The van der Waals surface area contributed by atoms with Gasteiger partial charge in [0.05, 0.1) is 6.61 Å². The SMILES string of the molecule is CCOC(=O)C(Cc1ccccc1)NC(=O)/C=C/c1ccc(I)o1. The molecule has 1 aromatic carbocycles. The van der Waals surface area contributed by atoms with Crippen molar-refractivity contribution in [2.75, 3.05) is 6.61 Å². The highest BCUT2D eigenvalue weighted by Crippen LogP contribution is 2.11. The van der Waals surface area contributed by atoms with Crippen molar-refractivity contribution in [2.24, 2.45) is 0 Å². The molecule has 126 valence electrons. The Balaban J connectivity index is 2.02. The van der Waals surface area contributed by atoms with E-state index in [1.165, 1.54) is 6.08 Å². The van der Waals surface area contributed by atoms with Gasteiger partial charge in [-0.1, -0.05) is 30.3 Å². The van der Waals surface area contributed by atoms with Crippen LogP contribution in [-0.4, -0.2) is 24.5 Å². The standard InChI is InChI=1S/C18H18INO4/c1-2-23-18(22)15(12-13-6-4-3-5-7-13)20-17(21)11-9-14-8-10-16(19)24-14/h3-11,15H,2,12H2,1H3,(H,20,21)/b11-9+. The van der Waals surface area contributed by atoms with Crippen LogP contribution in [0.3, 0.4) is 0 Å². The summed E-state index contributed by atoms with van der Waals surface area (Å²) in [4.78, 5) is 24.2. The molecule has 0 fully saturated rings. The van der Waals surface area contributed by atoms with E-state index in [2.05, 4.69) is 5.32 Å². The summed E-state index contributed by atoms with van der Waals surface area (Å²) in [5.74, 6) is -0.253. The molecule has 0 saturated carbocycles. The number of furan rings is 1. The van der Waals surface area contributed by atoms with Crippen LogP contribution in [0.15, 0.2) is 53.0 Å². The third-order valence-electron chi connectivity index (χ3n) is 3.16. The Hall–Kier alpha value is -2.09. The van der Waals surface area contributed by atoms with Gasteiger partial charge in [-0.3, -0.25) is 4.79 Å². The molecule has 2 rings (SSSR count). The molecular formula is C18H18INO4. The van der Waals surface area contributed by atoms with Gasteiger partial charge in [-0.05, 0) is 53.3 Å². The first-order valence-electron chi connectivity index (χ1n) is 7.53. The molecule has 0 radical (unpaired) electrons. The summed E-state index contributed by atoms with van der Waals surface area (Å²) < 4.78 is 11.1. The van der Waals surface area contributed by atoms with Crippen LogP contribution in [0.2, 0.25) is 0 Å². The second-order valence-electron chi connectivity index (χ2n) is 4.98. The predicted octanol–water partition coefficient (Wildman–Crippen LogP) is 3.19. The molecule has 1 heterocycles. The smallest absolute Gasteiger partial charge is 0.328 e. The summed E-state index contributed by atoms with van der Waals surface area (Å²) >= 11 is 2.05. The lowest BCUT2D eigenvalue weighted by molar-refractivity contribution is -0.146. The fourth-order valence-corrected chi connectivity index (χ4v) is 2.52. The Morgan fingerprint density at radius 1 is 1.25 bits per heavy atom. The molecule has 6 heteroatoms. The number of nitrogens with one attached hydrogen (secondary N) is 1. The Morgan fingerprint density at radius 3 is 2.62 bits per heavy atom. The number of benzene rings is 1. The Bertz CT molecular complexity index is 709. The number of ether oxygens (including phenoxy) is 1. The van der Waals surface area contributed by atoms with Crippen LogP contribution in [-0.2, 0) is 20.7 Å². The molecule has 1 N–H and O–H groups in total. The van der Waals surface area contributed by atoms with E-state index in [1.54, 1.807) is 25.1 Å². The van der Waals surface area contributed by atoms with Gasteiger partial charge in [0, 0.05) is 12.5 Å². The number of esters is 1. The van der Waals surface area contributed by atoms with E-state index >= 15 is 0 Å². The first kappa shape index (κ1) is 18.3. The molecule has 0 aliphatic heterocycles. The largest absolute Gasteiger partial charge is 0.464 e. The lowest BCUT2D eigenvalue weighted by Gasteiger charge is -2.16. The van der Waals surface area contributed by atoms with E-state index in [4.69, 9.17) is 9.15 Å². The maximum absolute atomic E-state index is 12.1. The van der Waals surface area contributed by atoms with E-state index in [0.717, 1.165) is 9.33 Å². The molecular weight excluding hydrogens is 421 g/mol. The molecule has 2 aromatic rings. The number of hydrogen-bond donors (Lipinski definition) is 1. The molecule has 1 amide bonds. The minimum Gasteiger partial charge on any atom is -0.464 e. The van der Waals surface area contributed by atoms with Gasteiger partial charge >= 0.3 is 5.97 Å². The molecule has 0 bridgehead atoms. The van der Waals surface area contributed by atoms with Gasteiger partial charge in [-0.25, -0.2) is 4.79 Å². The number of hydrogen-bond acceptors (Lipinski definition) is 4. The van der Waals surface area contributed by atoms with Crippen LogP contribution in [0, 0.1) is 3.77 Å². The highest BCUT2D eigenvalue weighted by Gasteiger charge is 2.21. The van der Waals surface area contributed by atoms with E-state index in [0.29, 0.717) is 12.2 Å². The van der Waals surface area contributed by atoms with Crippen molar-refractivity contribution in [2.45, 2.75) is 19.4 Å². The van der Waals surface area contributed by atoms with Crippen LogP contribution in [0.1, 0.15) is 18.2 Å². The fraction of sp³-hybridized carbons (Fsp3) is 0.222. The van der Waals surface area contributed by atoms with Crippen molar-refractivity contribution in [3.05, 3.63) is 63.6 Å². The predicted molar refractivity (Wildman–Crippen MR) is 99.2 cm³/mol. The summed E-state index contributed by atoms with van der Waals surface area (Å²) in [6, 6.07) is 12.3. The summed E-state index contributed by atoms with van der Waals surface area (Å²) in [6.07, 6.45) is 3.27. The minimum absolute atomic E-state index is 0.265. The normalized spacial score (nSPS) is 12.1. The minimum atomic E-state index is -0.735. The summed E-state index contributed by atoms with van der Waals surface area (Å²) in [5.41, 5.74) is 0.945. The molecule has 0 aliphatic rings. The third kappa shape index (κ3) is 5.84. The Kier molecular flexibility index (Phi) is 7.05. The van der Waals surface area contributed by atoms with Crippen LogP contribution in [0.5, 0.6) is 0 Å². The summed E-state index contributed by atoms with van der Waals surface area (Å²) in [5, 5.41) is 2.68. The van der Waals surface area contributed by atoms with Gasteiger partial charge in [0.25, 0.3) is 0 Å². The quantitative estimate of drug-likeness (QED) is 0.409. The van der Waals surface area contributed by atoms with Gasteiger partial charge in [-0.15, -0.1) is 0 Å². The topological polar surface area (TPSA) is 68.5 Å². The van der Waals surface area contributed by atoms with Crippen molar-refractivity contribution < 1.29 is 18.7 Å². The maximum atomic E-state index is 12.1. The van der Waals surface area contributed by atoms with Gasteiger partial charge in [0.15, 0.2) is 3.77 Å². The van der Waals surface area contributed by atoms with Gasteiger partial charge in [0.2, 0.25) is 5.91 Å². The van der Waals surface area contributed by atoms with Gasteiger partial charge < -0.3 is 14.5 Å². The molecule has 0 spiro atoms. The average Bonchev–Trinajstić information content (AvgIpc) is 2.99. The monoisotopic (exact) mass is 439 g/mol. The van der Waals surface area contributed by atoms with Crippen LogP contribution < -0.4 is 5.32 Å². The molecule has 0 aliphatic carbocycles.